The number of methoxy groups -OCH3 is 1. The van der Waals surface area contributed by atoms with Crippen molar-refractivity contribution in [2.45, 2.75) is 38.8 Å². The highest BCUT2D eigenvalue weighted by Gasteiger charge is 2.34. The molecule has 1 fully saturated rings. The van der Waals surface area contributed by atoms with E-state index in [1.165, 1.54) is 12.8 Å². The van der Waals surface area contributed by atoms with Gasteiger partial charge in [-0.25, -0.2) is 0 Å². The fraction of sp³-hybridized carbons (Fsp3) is 1.00. The van der Waals surface area contributed by atoms with Gasteiger partial charge in [0.25, 0.3) is 0 Å². The summed E-state index contributed by atoms with van der Waals surface area (Å²) in [5.41, 5.74) is 0. The molecular formula is C12H26N2O. The molecule has 1 atom stereocenters. The molecule has 0 saturated heterocycles. The van der Waals surface area contributed by atoms with Crippen LogP contribution in [-0.2, 0) is 4.74 Å². The van der Waals surface area contributed by atoms with Crippen LogP contribution in [0.5, 0.6) is 0 Å². The van der Waals surface area contributed by atoms with Gasteiger partial charge in [0.05, 0.1) is 6.61 Å². The lowest BCUT2D eigenvalue weighted by Gasteiger charge is -2.34. The second-order valence-electron chi connectivity index (χ2n) is 4.83. The third-order valence-corrected chi connectivity index (χ3v) is 3.18. The monoisotopic (exact) mass is 214 g/mol. The van der Waals surface area contributed by atoms with Crippen molar-refractivity contribution < 1.29 is 4.74 Å². The summed E-state index contributed by atoms with van der Waals surface area (Å²) >= 11 is 0. The highest BCUT2D eigenvalue weighted by atomic mass is 16.5. The van der Waals surface area contributed by atoms with E-state index >= 15 is 0 Å². The normalized spacial score (nSPS) is 18.8. The van der Waals surface area contributed by atoms with Crippen LogP contribution < -0.4 is 5.32 Å². The Hall–Kier alpha value is -0.120. The molecule has 0 amide bonds. The molecule has 90 valence electrons. The van der Waals surface area contributed by atoms with Gasteiger partial charge in [-0.15, -0.1) is 0 Å². The second-order valence-corrected chi connectivity index (χ2v) is 4.83. The van der Waals surface area contributed by atoms with E-state index < -0.39 is 0 Å². The zero-order valence-corrected chi connectivity index (χ0v) is 10.6. The first-order valence-corrected chi connectivity index (χ1v) is 6.10. The molecule has 0 heterocycles. The minimum absolute atomic E-state index is 0.651. The van der Waals surface area contributed by atoms with Gasteiger partial charge in [0.15, 0.2) is 0 Å². The first-order valence-electron chi connectivity index (χ1n) is 6.10. The lowest BCUT2D eigenvalue weighted by molar-refractivity contribution is 0.0938. The van der Waals surface area contributed by atoms with E-state index in [-0.39, 0.29) is 0 Å². The molecule has 1 N–H and O–H groups in total. The molecule has 0 aliphatic heterocycles. The molecule has 0 aromatic carbocycles. The highest BCUT2D eigenvalue weighted by molar-refractivity contribution is 4.90. The van der Waals surface area contributed by atoms with Gasteiger partial charge in [-0.3, -0.25) is 4.90 Å². The predicted octanol–water partition coefficient (Wildman–Crippen LogP) is 1.34. The van der Waals surface area contributed by atoms with E-state index in [4.69, 9.17) is 4.74 Å². The van der Waals surface area contributed by atoms with Gasteiger partial charge in [-0.2, -0.15) is 0 Å². The zero-order valence-electron chi connectivity index (χ0n) is 10.6. The van der Waals surface area contributed by atoms with Crippen LogP contribution >= 0.6 is 0 Å². The molecule has 1 rings (SSSR count). The zero-order chi connectivity index (χ0) is 11.3. The standard InChI is InChI=1S/C12H26N2O/c1-10(2)12(9-13-3)14(7-8-15-4)11-5-6-11/h10-13H,5-9H2,1-4H3. The number of ether oxygens (including phenoxy) is 1. The van der Waals surface area contributed by atoms with Crippen LogP contribution in [-0.4, -0.2) is 50.8 Å². The molecule has 1 saturated carbocycles. The van der Waals surface area contributed by atoms with Crippen molar-refractivity contribution in [1.29, 1.82) is 0 Å². The Labute approximate surface area is 94.2 Å². The minimum atomic E-state index is 0.651. The van der Waals surface area contributed by atoms with Gasteiger partial charge in [-0.1, -0.05) is 13.8 Å². The molecule has 0 spiro atoms. The van der Waals surface area contributed by atoms with E-state index in [9.17, 15) is 0 Å². The minimum Gasteiger partial charge on any atom is -0.383 e. The number of likely N-dealkylation sites (N-methyl/N-ethyl adjacent to an activating group) is 1. The van der Waals surface area contributed by atoms with E-state index in [2.05, 4.69) is 24.1 Å². The number of hydrogen-bond acceptors (Lipinski definition) is 3. The van der Waals surface area contributed by atoms with Gasteiger partial charge in [-0.05, 0) is 25.8 Å². The summed E-state index contributed by atoms with van der Waals surface area (Å²) in [7, 11) is 3.82. The van der Waals surface area contributed by atoms with Gasteiger partial charge in [0, 0.05) is 32.3 Å². The summed E-state index contributed by atoms with van der Waals surface area (Å²) in [5.74, 6) is 0.704. The number of rotatable bonds is 8. The van der Waals surface area contributed by atoms with Crippen LogP contribution in [0, 0.1) is 5.92 Å². The van der Waals surface area contributed by atoms with E-state index in [0.29, 0.717) is 12.0 Å². The summed E-state index contributed by atoms with van der Waals surface area (Å²) in [6.07, 6.45) is 2.74. The average Bonchev–Trinajstić information content (AvgIpc) is 3.00. The molecule has 1 unspecified atom stereocenters. The molecule has 0 aromatic rings. The highest BCUT2D eigenvalue weighted by Crippen LogP contribution is 2.30. The molecule has 3 heteroatoms. The smallest absolute Gasteiger partial charge is 0.0589 e. The van der Waals surface area contributed by atoms with Crippen LogP contribution in [0.15, 0.2) is 0 Å². The Morgan fingerprint density at radius 2 is 2.07 bits per heavy atom. The third kappa shape index (κ3) is 4.09. The van der Waals surface area contributed by atoms with Crippen molar-refractivity contribution in [3.05, 3.63) is 0 Å². The van der Waals surface area contributed by atoms with E-state index in [0.717, 1.165) is 25.7 Å². The third-order valence-electron chi connectivity index (χ3n) is 3.18. The van der Waals surface area contributed by atoms with Crippen molar-refractivity contribution >= 4 is 0 Å². The lowest BCUT2D eigenvalue weighted by Crippen LogP contribution is -2.47. The quantitative estimate of drug-likeness (QED) is 0.660. The average molecular weight is 214 g/mol. The van der Waals surface area contributed by atoms with Gasteiger partial charge in [0.1, 0.15) is 0 Å². The molecule has 0 radical (unpaired) electrons. The summed E-state index contributed by atoms with van der Waals surface area (Å²) in [6.45, 7) is 7.63. The SMILES string of the molecule is CNCC(C(C)C)N(CCOC)C1CC1. The number of nitrogens with zero attached hydrogens (tertiary/aromatic N) is 1. The van der Waals surface area contributed by atoms with Crippen molar-refractivity contribution in [3.8, 4) is 0 Å². The topological polar surface area (TPSA) is 24.5 Å². The molecular weight excluding hydrogens is 188 g/mol. The van der Waals surface area contributed by atoms with Crippen LogP contribution in [0.25, 0.3) is 0 Å². The van der Waals surface area contributed by atoms with E-state index in [1.807, 2.05) is 7.05 Å². The Balaban J connectivity index is 2.49. The molecule has 0 aromatic heterocycles. The van der Waals surface area contributed by atoms with Crippen LogP contribution in [0.1, 0.15) is 26.7 Å². The van der Waals surface area contributed by atoms with Crippen molar-refractivity contribution in [1.82, 2.24) is 10.2 Å². The second kappa shape index (κ2) is 6.46. The summed E-state index contributed by atoms with van der Waals surface area (Å²) in [4.78, 5) is 2.63. The van der Waals surface area contributed by atoms with E-state index in [1.54, 1.807) is 7.11 Å². The maximum absolute atomic E-state index is 5.20. The Morgan fingerprint density at radius 1 is 1.40 bits per heavy atom. The maximum Gasteiger partial charge on any atom is 0.0589 e. The molecule has 3 nitrogen and oxygen atoms in total. The predicted molar refractivity (Wildman–Crippen MR) is 64.2 cm³/mol. The van der Waals surface area contributed by atoms with Crippen molar-refractivity contribution in [2.24, 2.45) is 5.92 Å². The van der Waals surface area contributed by atoms with Gasteiger partial charge < -0.3 is 10.1 Å². The Bertz CT molecular complexity index is 169. The van der Waals surface area contributed by atoms with Crippen LogP contribution in [0.3, 0.4) is 0 Å². The van der Waals surface area contributed by atoms with Crippen LogP contribution in [0.4, 0.5) is 0 Å². The molecule has 1 aliphatic carbocycles. The van der Waals surface area contributed by atoms with Crippen molar-refractivity contribution in [3.63, 3.8) is 0 Å². The first kappa shape index (κ1) is 12.9. The van der Waals surface area contributed by atoms with Gasteiger partial charge >= 0.3 is 0 Å². The van der Waals surface area contributed by atoms with Crippen molar-refractivity contribution in [2.75, 3.05) is 33.9 Å². The Morgan fingerprint density at radius 3 is 2.47 bits per heavy atom. The first-order chi connectivity index (χ1) is 7.20. The summed E-state index contributed by atoms with van der Waals surface area (Å²) in [6, 6.07) is 1.47. The lowest BCUT2D eigenvalue weighted by atomic mass is 10.0. The number of hydrogen-bond donors (Lipinski definition) is 1. The molecule has 1 aliphatic rings. The summed E-state index contributed by atoms with van der Waals surface area (Å²) in [5, 5.41) is 3.31. The van der Waals surface area contributed by atoms with Crippen LogP contribution in [0.2, 0.25) is 0 Å². The fourth-order valence-corrected chi connectivity index (χ4v) is 2.17. The molecule has 0 bridgehead atoms. The summed E-state index contributed by atoms with van der Waals surface area (Å²) < 4.78 is 5.20. The fourth-order valence-electron chi connectivity index (χ4n) is 2.17. The maximum atomic E-state index is 5.20. The number of nitrogens with one attached hydrogen (secondary N) is 1. The molecule has 15 heavy (non-hydrogen) atoms. The Kier molecular flexibility index (Phi) is 5.58. The largest absolute Gasteiger partial charge is 0.383 e. The van der Waals surface area contributed by atoms with Gasteiger partial charge in [0.2, 0.25) is 0 Å².